The molecule has 0 aliphatic heterocycles. The van der Waals surface area contributed by atoms with Crippen molar-refractivity contribution in [2.75, 3.05) is 0 Å². The molecule has 6 nitrogen and oxygen atoms in total. The van der Waals surface area contributed by atoms with Gasteiger partial charge in [0.1, 0.15) is 11.9 Å². The normalized spacial score (nSPS) is 10.7. The summed E-state index contributed by atoms with van der Waals surface area (Å²) in [5.74, 6) is -0.719. The van der Waals surface area contributed by atoms with E-state index >= 15 is 0 Å². The molecule has 0 unspecified atom stereocenters. The van der Waals surface area contributed by atoms with Crippen molar-refractivity contribution in [1.82, 2.24) is 0 Å². The van der Waals surface area contributed by atoms with Gasteiger partial charge in [0.15, 0.2) is 4.87 Å². The summed E-state index contributed by atoms with van der Waals surface area (Å²) in [7, 11) is -4.64. The molecule has 0 aliphatic rings. The summed E-state index contributed by atoms with van der Waals surface area (Å²) in [5.41, 5.74) is 1.23. The van der Waals surface area contributed by atoms with E-state index in [0.29, 0.717) is 11.1 Å². The van der Waals surface area contributed by atoms with Gasteiger partial charge in [0.05, 0.1) is 0 Å². The number of rotatable bonds is 3. The van der Waals surface area contributed by atoms with Gasteiger partial charge >= 0.3 is 13.8 Å². The van der Waals surface area contributed by atoms with Crippen LogP contribution in [0, 0.1) is 0 Å². The topological polar surface area (TPSA) is 104 Å². The van der Waals surface area contributed by atoms with Gasteiger partial charge in [-0.3, -0.25) is 0 Å². The van der Waals surface area contributed by atoms with Gasteiger partial charge < -0.3 is 19.0 Å². The minimum atomic E-state index is -4.64. The van der Waals surface area contributed by atoms with E-state index in [1.165, 1.54) is 0 Å². The first-order valence-electron chi connectivity index (χ1n) is 6.11. The number of alkyl halides is 1. The Balaban J connectivity index is 0.000000777. The summed E-state index contributed by atoms with van der Waals surface area (Å²) in [6.45, 7) is 0. The standard InChI is InChI=1S/C14H10Cl2O2.H3O4P.Zr/c15-14(13(17)18-16,11-7-3-1-4-8-11)12-9-5-2-6-10-12;1-5(2,3)4;/h1-10H;(H3,1,2,3,4);. The van der Waals surface area contributed by atoms with Crippen molar-refractivity contribution in [1.29, 1.82) is 0 Å². The number of carbonyl (C=O) groups is 1. The molecule has 0 atom stereocenters. The van der Waals surface area contributed by atoms with Crippen LogP contribution >= 0.6 is 31.3 Å². The molecular weight excluding hydrogens is 457 g/mol. The molecule has 10 heteroatoms. The second-order valence-corrected chi connectivity index (χ2v) is 6.02. The molecule has 0 amide bonds. The predicted octanol–water partition coefficient (Wildman–Crippen LogP) is 2.93. The van der Waals surface area contributed by atoms with Crippen molar-refractivity contribution >= 4 is 37.3 Å². The summed E-state index contributed by atoms with van der Waals surface area (Å²) in [5, 5.41) is 0. The van der Waals surface area contributed by atoms with Gasteiger partial charge in [0.25, 0.3) is 0 Å². The smallest absolute Gasteiger partial charge is 0.345 e. The van der Waals surface area contributed by atoms with E-state index < -0.39 is 18.7 Å². The Morgan fingerprint density at radius 1 is 0.917 bits per heavy atom. The number of carbonyl (C=O) groups excluding carboxylic acids is 1. The van der Waals surface area contributed by atoms with Crippen molar-refractivity contribution in [3.8, 4) is 0 Å². The molecule has 128 valence electrons. The fourth-order valence-electron chi connectivity index (χ4n) is 1.79. The van der Waals surface area contributed by atoms with Crippen molar-refractivity contribution < 1.29 is 54.5 Å². The number of phosphoric acid groups is 1. The van der Waals surface area contributed by atoms with Crippen molar-refractivity contribution in [3.05, 3.63) is 71.8 Å². The Kier molecular flexibility index (Phi) is 10.2. The fourth-order valence-corrected chi connectivity index (χ4v) is 2.24. The third-order valence-corrected chi connectivity index (χ3v) is 3.43. The van der Waals surface area contributed by atoms with Gasteiger partial charge in [0, 0.05) is 26.2 Å². The summed E-state index contributed by atoms with van der Waals surface area (Å²) < 4.78 is 13.2. The van der Waals surface area contributed by atoms with Crippen LogP contribution in [0.15, 0.2) is 60.7 Å². The average Bonchev–Trinajstić information content (AvgIpc) is 2.53. The van der Waals surface area contributed by atoms with Crippen LogP contribution in [-0.4, -0.2) is 20.6 Å². The molecule has 0 saturated carbocycles. The van der Waals surface area contributed by atoms with Crippen LogP contribution in [-0.2, 0) is 44.7 Å². The van der Waals surface area contributed by atoms with Crippen LogP contribution in [0.25, 0.3) is 0 Å². The Bertz CT molecular complexity index is 632. The van der Waals surface area contributed by atoms with Crippen LogP contribution in [0.4, 0.5) is 0 Å². The first-order chi connectivity index (χ1) is 10.7. The van der Waals surface area contributed by atoms with Crippen LogP contribution in [0.5, 0.6) is 0 Å². The number of hydrogen-bond donors (Lipinski definition) is 3. The first kappa shape index (κ1) is 23.5. The van der Waals surface area contributed by atoms with Gasteiger partial charge in [-0.05, 0) is 11.1 Å². The van der Waals surface area contributed by atoms with Crippen LogP contribution in [0.3, 0.4) is 0 Å². The zero-order valence-corrected chi connectivity index (χ0v) is 16.9. The maximum Gasteiger partial charge on any atom is 0.466 e. The maximum atomic E-state index is 11.9. The molecule has 24 heavy (non-hydrogen) atoms. The molecular formula is C14H13Cl2O6PZr. The van der Waals surface area contributed by atoms with E-state index in [0.717, 1.165) is 0 Å². The molecule has 2 aromatic carbocycles. The number of hydrogen-bond acceptors (Lipinski definition) is 3. The summed E-state index contributed by atoms with van der Waals surface area (Å²) in [6.07, 6.45) is 0. The van der Waals surface area contributed by atoms with E-state index in [9.17, 15) is 4.79 Å². The van der Waals surface area contributed by atoms with E-state index in [4.69, 9.17) is 42.7 Å². The van der Waals surface area contributed by atoms with Crippen LogP contribution in [0.1, 0.15) is 11.1 Å². The van der Waals surface area contributed by atoms with Crippen molar-refractivity contribution in [3.63, 3.8) is 0 Å². The number of benzene rings is 2. The summed E-state index contributed by atoms with van der Waals surface area (Å²) in [4.78, 5) is 32.1. The minimum Gasteiger partial charge on any atom is -0.345 e. The van der Waals surface area contributed by atoms with Crippen molar-refractivity contribution in [2.45, 2.75) is 4.87 Å². The molecule has 0 fully saturated rings. The Hall–Kier alpha value is -0.517. The zero-order chi connectivity index (χ0) is 17.5. The van der Waals surface area contributed by atoms with Gasteiger partial charge in [-0.15, -0.1) is 0 Å². The molecule has 0 radical (unpaired) electrons. The van der Waals surface area contributed by atoms with Gasteiger partial charge in [0.2, 0.25) is 0 Å². The molecule has 0 heterocycles. The van der Waals surface area contributed by atoms with Crippen LogP contribution < -0.4 is 0 Å². The number of halogens is 2. The largest absolute Gasteiger partial charge is 0.466 e. The van der Waals surface area contributed by atoms with Crippen molar-refractivity contribution in [2.24, 2.45) is 0 Å². The molecule has 0 spiro atoms. The zero-order valence-electron chi connectivity index (χ0n) is 12.0. The van der Waals surface area contributed by atoms with E-state index in [-0.39, 0.29) is 26.2 Å². The molecule has 2 aromatic rings. The Morgan fingerprint density at radius 3 is 1.46 bits per heavy atom. The minimum absolute atomic E-state index is 0. The summed E-state index contributed by atoms with van der Waals surface area (Å²) >= 11 is 11.7. The molecule has 0 aromatic heterocycles. The monoisotopic (exact) mass is 468 g/mol. The SMILES string of the molecule is O=C(OCl)C(Cl)(c1ccccc1)c1ccccc1.O=P(O)(O)O.[Zr]. The van der Waals surface area contributed by atoms with Gasteiger partial charge in [-0.25, -0.2) is 9.36 Å². The average molecular weight is 470 g/mol. The predicted molar refractivity (Wildman–Crippen MR) is 85.7 cm³/mol. The van der Waals surface area contributed by atoms with Crippen LogP contribution in [0.2, 0.25) is 0 Å². The quantitative estimate of drug-likeness (QED) is 0.471. The fraction of sp³-hybridized carbons (Fsp3) is 0.0714. The van der Waals surface area contributed by atoms with Gasteiger partial charge in [-0.1, -0.05) is 72.3 Å². The maximum absolute atomic E-state index is 11.9. The second kappa shape index (κ2) is 10.5. The van der Waals surface area contributed by atoms with Gasteiger partial charge in [-0.2, -0.15) is 0 Å². The molecule has 0 bridgehead atoms. The molecule has 3 N–H and O–H groups in total. The Labute approximate surface area is 167 Å². The summed E-state index contributed by atoms with van der Waals surface area (Å²) in [6, 6.07) is 17.9. The molecule has 0 saturated heterocycles. The van der Waals surface area contributed by atoms with E-state index in [2.05, 4.69) is 4.29 Å². The molecule has 2 rings (SSSR count). The van der Waals surface area contributed by atoms with E-state index in [1.807, 2.05) is 12.1 Å². The first-order valence-corrected chi connectivity index (χ1v) is 8.36. The van der Waals surface area contributed by atoms with E-state index in [1.54, 1.807) is 48.5 Å². The third kappa shape index (κ3) is 7.16. The Morgan fingerprint density at radius 2 is 1.21 bits per heavy atom. The molecule has 0 aliphatic carbocycles. The third-order valence-electron chi connectivity index (χ3n) is 2.69. The second-order valence-electron chi connectivity index (χ2n) is 4.27.